The average Bonchev–Trinajstić information content (AvgIpc) is 3.37. The van der Waals surface area contributed by atoms with Crippen LogP contribution >= 0.6 is 0 Å². The van der Waals surface area contributed by atoms with Gasteiger partial charge in [0.25, 0.3) is 10.0 Å². The Balaban J connectivity index is 1.73. The molecule has 10 nitrogen and oxygen atoms in total. The summed E-state index contributed by atoms with van der Waals surface area (Å²) in [6.45, 7) is 0.391. The molecule has 0 amide bonds. The number of rotatable bonds is 7. The van der Waals surface area contributed by atoms with Crippen LogP contribution in [-0.4, -0.2) is 42.8 Å². The number of benzene rings is 2. The lowest BCUT2D eigenvalue weighted by Crippen LogP contribution is -2.14. The molecule has 0 bridgehead atoms. The number of aromatic nitrogens is 4. The molecule has 0 fully saturated rings. The number of fused-ring (bicyclic) bond motifs is 1. The second-order valence-corrected chi connectivity index (χ2v) is 7.67. The Hall–Kier alpha value is -3.60. The first-order valence-electron chi connectivity index (χ1n) is 8.48. The molecule has 11 heteroatoms. The molecule has 0 aliphatic heterocycles. The van der Waals surface area contributed by atoms with Crippen molar-refractivity contribution in [2.24, 2.45) is 0 Å². The summed E-state index contributed by atoms with van der Waals surface area (Å²) in [5.74, 6) is 0.643. The van der Waals surface area contributed by atoms with Crippen LogP contribution in [0, 0.1) is 0 Å². The molecule has 2 heterocycles. The highest BCUT2D eigenvalue weighted by molar-refractivity contribution is 7.92. The Morgan fingerprint density at radius 3 is 2.52 bits per heavy atom. The number of para-hydroxylation sites is 1. The minimum absolute atomic E-state index is 0.0148. The quantitative estimate of drug-likeness (QED) is 0.488. The zero-order chi connectivity index (χ0) is 20.4. The molecule has 4 aromatic rings. The molecule has 4 rings (SSSR count). The molecule has 0 aliphatic carbocycles. The first-order chi connectivity index (χ1) is 14.0. The lowest BCUT2D eigenvalue weighted by atomic mass is 10.1. The summed E-state index contributed by atoms with van der Waals surface area (Å²) in [5, 5.41) is 12.4. The summed E-state index contributed by atoms with van der Waals surface area (Å²) in [4.78, 5) is 1.49. The Labute approximate surface area is 166 Å². The first kappa shape index (κ1) is 18.7. The van der Waals surface area contributed by atoms with E-state index in [1.54, 1.807) is 42.7 Å². The molecule has 29 heavy (non-hydrogen) atoms. The first-order valence-corrected chi connectivity index (χ1v) is 9.96. The van der Waals surface area contributed by atoms with Crippen LogP contribution < -0.4 is 14.2 Å². The fraction of sp³-hybridized carbons (Fsp3) is 0.167. The topological polar surface area (TPSA) is 121 Å². The van der Waals surface area contributed by atoms with E-state index in [9.17, 15) is 8.42 Å². The highest BCUT2D eigenvalue weighted by atomic mass is 32.2. The fourth-order valence-electron chi connectivity index (χ4n) is 2.92. The second kappa shape index (κ2) is 7.43. The van der Waals surface area contributed by atoms with Gasteiger partial charge >= 0.3 is 0 Å². The van der Waals surface area contributed by atoms with E-state index in [4.69, 9.17) is 14.0 Å². The Kier molecular flexibility index (Phi) is 4.80. The van der Waals surface area contributed by atoms with Crippen LogP contribution in [0.15, 0.2) is 58.2 Å². The number of hydrogen-bond donors (Lipinski definition) is 1. The van der Waals surface area contributed by atoms with Crippen molar-refractivity contribution in [3.05, 3.63) is 54.4 Å². The van der Waals surface area contributed by atoms with Crippen LogP contribution in [0.25, 0.3) is 11.0 Å². The molecule has 0 unspecified atom stereocenters. The number of methoxy groups -OCH3 is 2. The maximum absolute atomic E-state index is 12.9. The molecular formula is C18H17N5O5S. The molecule has 1 N–H and O–H groups in total. The summed E-state index contributed by atoms with van der Waals surface area (Å²) in [6, 6.07) is 9.77. The second-order valence-electron chi connectivity index (χ2n) is 6.02. The third-order valence-electron chi connectivity index (χ3n) is 4.20. The molecule has 0 atom stereocenters. The van der Waals surface area contributed by atoms with E-state index in [1.807, 2.05) is 0 Å². The van der Waals surface area contributed by atoms with E-state index in [2.05, 4.69) is 20.1 Å². The van der Waals surface area contributed by atoms with Crippen molar-refractivity contribution < 1.29 is 22.4 Å². The fourth-order valence-corrected chi connectivity index (χ4v) is 4.10. The van der Waals surface area contributed by atoms with Gasteiger partial charge in [-0.15, -0.1) is 0 Å². The zero-order valence-corrected chi connectivity index (χ0v) is 16.4. The maximum atomic E-state index is 12.9. The summed E-state index contributed by atoms with van der Waals surface area (Å²) < 4.78 is 44.1. The zero-order valence-electron chi connectivity index (χ0n) is 15.6. The molecule has 0 aliphatic rings. The van der Waals surface area contributed by atoms with Crippen molar-refractivity contribution in [2.75, 3.05) is 18.9 Å². The number of anilines is 1. The molecule has 150 valence electrons. The van der Waals surface area contributed by atoms with E-state index in [0.717, 1.165) is 5.56 Å². The van der Waals surface area contributed by atoms with Crippen molar-refractivity contribution in [2.45, 2.75) is 11.4 Å². The van der Waals surface area contributed by atoms with Crippen molar-refractivity contribution in [3.8, 4) is 11.5 Å². The van der Waals surface area contributed by atoms with Crippen molar-refractivity contribution in [3.63, 3.8) is 0 Å². The predicted octanol–water partition coefficient (Wildman–Crippen LogP) is 2.29. The van der Waals surface area contributed by atoms with Crippen molar-refractivity contribution in [1.82, 2.24) is 20.2 Å². The number of hydrogen-bond acceptors (Lipinski definition) is 8. The molecule has 0 radical (unpaired) electrons. The number of nitrogens with one attached hydrogen (secondary N) is 1. The molecule has 0 saturated heterocycles. The third-order valence-corrected chi connectivity index (χ3v) is 5.58. The SMILES string of the molecule is COc1ccccc1S(=O)(=O)Nc1noc2cc(Cn3nccn3)cc(OC)c12. The Morgan fingerprint density at radius 1 is 1.07 bits per heavy atom. The lowest BCUT2D eigenvalue weighted by Gasteiger charge is -2.10. The molecule has 2 aromatic heterocycles. The Morgan fingerprint density at radius 2 is 1.79 bits per heavy atom. The van der Waals surface area contributed by atoms with Gasteiger partial charge < -0.3 is 14.0 Å². The normalized spacial score (nSPS) is 11.5. The van der Waals surface area contributed by atoms with Gasteiger partial charge in [-0.2, -0.15) is 15.0 Å². The van der Waals surface area contributed by atoms with E-state index in [-0.39, 0.29) is 16.5 Å². The minimum Gasteiger partial charge on any atom is -0.496 e. The van der Waals surface area contributed by atoms with Crippen LogP contribution in [0.3, 0.4) is 0 Å². The molecule has 0 saturated carbocycles. The largest absolute Gasteiger partial charge is 0.496 e. The van der Waals surface area contributed by atoms with Gasteiger partial charge in [0.2, 0.25) is 0 Å². The van der Waals surface area contributed by atoms with E-state index >= 15 is 0 Å². The monoisotopic (exact) mass is 415 g/mol. The molecular weight excluding hydrogens is 398 g/mol. The van der Waals surface area contributed by atoms with Gasteiger partial charge in [0.1, 0.15) is 21.8 Å². The highest BCUT2D eigenvalue weighted by Crippen LogP contribution is 2.35. The van der Waals surface area contributed by atoms with Gasteiger partial charge in [-0.1, -0.05) is 17.3 Å². The van der Waals surface area contributed by atoms with Gasteiger partial charge in [0.05, 0.1) is 33.2 Å². The smallest absolute Gasteiger partial charge is 0.266 e. The molecule has 2 aromatic carbocycles. The standard InChI is InChI=1S/C18H17N5O5S/c1-26-13-5-3-4-6-16(13)29(24,25)22-18-17-14(27-2)9-12(10-15(17)28-21-18)11-23-19-7-8-20-23/h3-10H,11H2,1-2H3,(H,21,22). The highest BCUT2D eigenvalue weighted by Gasteiger charge is 2.24. The van der Waals surface area contributed by atoms with Gasteiger partial charge in [-0.25, -0.2) is 8.42 Å². The number of ether oxygens (including phenoxy) is 2. The number of sulfonamides is 1. The number of nitrogens with zero attached hydrogens (tertiary/aromatic N) is 4. The minimum atomic E-state index is -3.97. The summed E-state index contributed by atoms with van der Waals surface area (Å²) >= 11 is 0. The Bertz CT molecular complexity index is 1250. The predicted molar refractivity (Wildman–Crippen MR) is 103 cm³/mol. The summed E-state index contributed by atoms with van der Waals surface area (Å²) in [7, 11) is -1.09. The third kappa shape index (κ3) is 3.59. The summed E-state index contributed by atoms with van der Waals surface area (Å²) in [6.07, 6.45) is 3.16. The van der Waals surface area contributed by atoms with E-state index < -0.39 is 10.0 Å². The van der Waals surface area contributed by atoms with Crippen LogP contribution in [0.4, 0.5) is 5.82 Å². The lowest BCUT2D eigenvalue weighted by molar-refractivity contribution is 0.403. The van der Waals surface area contributed by atoms with Gasteiger partial charge in [-0.3, -0.25) is 4.72 Å². The molecule has 0 spiro atoms. The van der Waals surface area contributed by atoms with Crippen molar-refractivity contribution >= 4 is 26.8 Å². The average molecular weight is 415 g/mol. The maximum Gasteiger partial charge on any atom is 0.266 e. The van der Waals surface area contributed by atoms with Crippen molar-refractivity contribution in [1.29, 1.82) is 0 Å². The van der Waals surface area contributed by atoms with Gasteiger partial charge in [0, 0.05) is 0 Å². The summed E-state index contributed by atoms with van der Waals surface area (Å²) in [5.41, 5.74) is 1.17. The van der Waals surface area contributed by atoms with Gasteiger partial charge in [-0.05, 0) is 29.8 Å². The van der Waals surface area contributed by atoms with E-state index in [1.165, 1.54) is 25.1 Å². The van der Waals surface area contributed by atoms with E-state index in [0.29, 0.717) is 23.3 Å². The van der Waals surface area contributed by atoms with Crippen LogP contribution in [-0.2, 0) is 16.6 Å². The van der Waals surface area contributed by atoms with Crippen LogP contribution in [0.1, 0.15) is 5.56 Å². The van der Waals surface area contributed by atoms with Gasteiger partial charge in [0.15, 0.2) is 11.4 Å². The van der Waals surface area contributed by atoms with Crippen LogP contribution in [0.2, 0.25) is 0 Å². The van der Waals surface area contributed by atoms with Crippen LogP contribution in [0.5, 0.6) is 11.5 Å².